The Kier molecular flexibility index (Phi) is 3.19. The Morgan fingerprint density at radius 1 is 1.45 bits per heavy atom. The fourth-order valence-corrected chi connectivity index (χ4v) is 3.16. The van der Waals surface area contributed by atoms with E-state index in [1.54, 1.807) is 24.0 Å². The Balaban J connectivity index is 1.94. The predicted octanol–water partition coefficient (Wildman–Crippen LogP) is 3.24. The summed E-state index contributed by atoms with van der Waals surface area (Å²) < 4.78 is 2.49. The molecule has 3 rings (SSSR count). The Morgan fingerprint density at radius 3 is 2.90 bits per heavy atom. The van der Waals surface area contributed by atoms with E-state index in [2.05, 4.69) is 15.4 Å². The number of rotatable bonds is 2. The van der Waals surface area contributed by atoms with E-state index in [0.717, 1.165) is 10.3 Å². The number of carbonyl (C=O) groups is 1. The summed E-state index contributed by atoms with van der Waals surface area (Å²) in [6, 6.07) is 5.56. The molecule has 0 saturated carbocycles. The molecule has 0 radical (unpaired) electrons. The van der Waals surface area contributed by atoms with Gasteiger partial charge in [0.25, 0.3) is 5.91 Å². The molecule has 5 nitrogen and oxygen atoms in total. The Hall–Kier alpha value is -1.92. The molecule has 3 aromatic rings. The first-order valence-corrected chi connectivity index (χ1v) is 7.10. The van der Waals surface area contributed by atoms with Gasteiger partial charge in [-0.2, -0.15) is 5.10 Å². The van der Waals surface area contributed by atoms with E-state index < -0.39 is 0 Å². The molecule has 2 heterocycles. The summed E-state index contributed by atoms with van der Waals surface area (Å²) in [6.45, 7) is 1.84. The van der Waals surface area contributed by atoms with Crippen LogP contribution in [0.2, 0.25) is 5.02 Å². The molecule has 7 heteroatoms. The Bertz CT molecular complexity index is 788. The average Bonchev–Trinajstić information content (AvgIpc) is 2.94. The number of aromatic nitrogens is 3. The number of hydrogen-bond acceptors (Lipinski definition) is 4. The third-order valence-electron chi connectivity index (χ3n) is 2.93. The Labute approximate surface area is 124 Å². The molecule has 0 aliphatic carbocycles. The van der Waals surface area contributed by atoms with E-state index in [1.165, 1.54) is 11.3 Å². The van der Waals surface area contributed by atoms with Gasteiger partial charge in [0.05, 0.1) is 15.9 Å². The molecule has 0 atom stereocenters. The monoisotopic (exact) mass is 306 g/mol. The first-order valence-electron chi connectivity index (χ1n) is 5.91. The van der Waals surface area contributed by atoms with E-state index in [1.807, 2.05) is 19.1 Å². The second kappa shape index (κ2) is 4.88. The maximum atomic E-state index is 12.2. The van der Waals surface area contributed by atoms with Gasteiger partial charge in [0.2, 0.25) is 0 Å². The molecular formula is C13H11ClN4OS. The van der Waals surface area contributed by atoms with E-state index in [9.17, 15) is 4.79 Å². The summed E-state index contributed by atoms with van der Waals surface area (Å²) in [7, 11) is 1.73. The number of amides is 1. The van der Waals surface area contributed by atoms with Crippen molar-refractivity contribution in [1.82, 2.24) is 14.8 Å². The number of halogens is 1. The first-order chi connectivity index (χ1) is 9.56. The summed E-state index contributed by atoms with van der Waals surface area (Å²) >= 11 is 7.47. The van der Waals surface area contributed by atoms with Gasteiger partial charge in [-0.3, -0.25) is 14.8 Å². The van der Waals surface area contributed by atoms with Crippen LogP contribution in [-0.2, 0) is 7.05 Å². The summed E-state index contributed by atoms with van der Waals surface area (Å²) in [5.74, 6) is -0.224. The molecule has 0 saturated heterocycles. The van der Waals surface area contributed by atoms with Crippen molar-refractivity contribution >= 4 is 44.2 Å². The smallest absolute Gasteiger partial charge is 0.275 e. The van der Waals surface area contributed by atoms with Gasteiger partial charge in [0, 0.05) is 7.05 Å². The van der Waals surface area contributed by atoms with Crippen molar-refractivity contribution in [1.29, 1.82) is 0 Å². The zero-order chi connectivity index (χ0) is 14.3. The largest absolute Gasteiger partial charge is 0.296 e. The van der Waals surface area contributed by atoms with E-state index in [0.29, 0.717) is 21.4 Å². The van der Waals surface area contributed by atoms with E-state index in [-0.39, 0.29) is 5.91 Å². The zero-order valence-electron chi connectivity index (χ0n) is 10.8. The summed E-state index contributed by atoms with van der Waals surface area (Å²) in [5, 5.41) is 7.95. The number of para-hydroxylation sites is 1. The first kappa shape index (κ1) is 13.1. The van der Waals surface area contributed by atoms with Crippen LogP contribution in [0.15, 0.2) is 24.4 Å². The number of fused-ring (bicyclic) bond motifs is 1. The molecule has 0 unspecified atom stereocenters. The molecule has 2 aromatic heterocycles. The molecule has 0 aliphatic rings. The number of nitrogens with zero attached hydrogens (tertiary/aromatic N) is 3. The zero-order valence-corrected chi connectivity index (χ0v) is 12.4. The van der Waals surface area contributed by atoms with Gasteiger partial charge in [-0.15, -0.1) is 0 Å². The lowest BCUT2D eigenvalue weighted by Gasteiger charge is -2.02. The number of hydrogen-bond donors (Lipinski definition) is 1. The predicted molar refractivity (Wildman–Crippen MR) is 80.5 cm³/mol. The van der Waals surface area contributed by atoms with Gasteiger partial charge in [-0.1, -0.05) is 29.0 Å². The minimum absolute atomic E-state index is 0.224. The molecule has 0 bridgehead atoms. The molecule has 0 aliphatic heterocycles. The van der Waals surface area contributed by atoms with Crippen molar-refractivity contribution in [2.75, 3.05) is 5.32 Å². The van der Waals surface area contributed by atoms with Gasteiger partial charge < -0.3 is 0 Å². The van der Waals surface area contributed by atoms with Crippen molar-refractivity contribution in [3.63, 3.8) is 0 Å². The van der Waals surface area contributed by atoms with Gasteiger partial charge in [-0.05, 0) is 24.6 Å². The number of nitrogens with one attached hydrogen (secondary N) is 1. The highest BCUT2D eigenvalue weighted by atomic mass is 35.5. The van der Waals surface area contributed by atoms with Crippen LogP contribution in [0.1, 0.15) is 16.1 Å². The van der Waals surface area contributed by atoms with Crippen LogP contribution in [0, 0.1) is 6.92 Å². The second-order valence-corrected chi connectivity index (χ2v) is 5.80. The highest BCUT2D eigenvalue weighted by Crippen LogP contribution is 2.30. The number of benzene rings is 1. The van der Waals surface area contributed by atoms with Crippen molar-refractivity contribution in [3.8, 4) is 0 Å². The average molecular weight is 307 g/mol. The van der Waals surface area contributed by atoms with Crippen LogP contribution in [0.3, 0.4) is 0 Å². The molecule has 1 N–H and O–H groups in total. The summed E-state index contributed by atoms with van der Waals surface area (Å²) in [6.07, 6.45) is 1.66. The topological polar surface area (TPSA) is 59.8 Å². The minimum atomic E-state index is -0.224. The van der Waals surface area contributed by atoms with E-state index >= 15 is 0 Å². The maximum Gasteiger partial charge on any atom is 0.275 e. The van der Waals surface area contributed by atoms with Crippen LogP contribution >= 0.6 is 22.9 Å². The fourth-order valence-electron chi connectivity index (χ4n) is 2.00. The van der Waals surface area contributed by atoms with Crippen LogP contribution in [-0.4, -0.2) is 20.7 Å². The van der Waals surface area contributed by atoms with Crippen molar-refractivity contribution in [2.24, 2.45) is 7.05 Å². The fraction of sp³-hybridized carbons (Fsp3) is 0.154. The van der Waals surface area contributed by atoms with Gasteiger partial charge in [-0.25, -0.2) is 4.98 Å². The molecule has 20 heavy (non-hydrogen) atoms. The molecule has 1 amide bonds. The molecule has 102 valence electrons. The lowest BCUT2D eigenvalue weighted by Crippen LogP contribution is -2.17. The van der Waals surface area contributed by atoms with Gasteiger partial charge in [0.15, 0.2) is 5.13 Å². The quantitative estimate of drug-likeness (QED) is 0.790. The van der Waals surface area contributed by atoms with Crippen LogP contribution in [0.4, 0.5) is 5.13 Å². The normalized spacial score (nSPS) is 10.9. The van der Waals surface area contributed by atoms with Crippen LogP contribution < -0.4 is 5.32 Å². The number of aryl methyl sites for hydroxylation is 2. The van der Waals surface area contributed by atoms with Crippen LogP contribution in [0.5, 0.6) is 0 Å². The third kappa shape index (κ3) is 2.17. The van der Waals surface area contributed by atoms with Gasteiger partial charge >= 0.3 is 0 Å². The second-order valence-electron chi connectivity index (χ2n) is 4.36. The molecule has 0 spiro atoms. The van der Waals surface area contributed by atoms with Crippen LogP contribution in [0.25, 0.3) is 10.2 Å². The maximum absolute atomic E-state index is 12.2. The van der Waals surface area contributed by atoms with Crippen molar-refractivity contribution in [3.05, 3.63) is 40.7 Å². The van der Waals surface area contributed by atoms with Crippen molar-refractivity contribution < 1.29 is 4.79 Å². The standard InChI is InChI=1S/C13H11ClN4OS/c1-7-6-15-18(2)11(7)12(19)17-13-16-10-8(14)4-3-5-9(10)20-13/h3-6H,1-2H3,(H,16,17,19). The molecular weight excluding hydrogens is 296 g/mol. The third-order valence-corrected chi connectivity index (χ3v) is 4.17. The van der Waals surface area contributed by atoms with Gasteiger partial charge in [0.1, 0.15) is 11.2 Å². The summed E-state index contributed by atoms with van der Waals surface area (Å²) in [5.41, 5.74) is 2.05. The lowest BCUT2D eigenvalue weighted by molar-refractivity contribution is 0.101. The summed E-state index contributed by atoms with van der Waals surface area (Å²) in [4.78, 5) is 16.6. The number of thiazole rings is 1. The van der Waals surface area contributed by atoms with E-state index in [4.69, 9.17) is 11.6 Å². The Morgan fingerprint density at radius 2 is 2.25 bits per heavy atom. The number of anilines is 1. The molecule has 1 aromatic carbocycles. The minimum Gasteiger partial charge on any atom is -0.296 e. The molecule has 0 fully saturated rings. The SMILES string of the molecule is Cc1cnn(C)c1C(=O)Nc1nc2c(Cl)cccc2s1. The highest BCUT2D eigenvalue weighted by molar-refractivity contribution is 7.22. The highest BCUT2D eigenvalue weighted by Gasteiger charge is 2.16. The lowest BCUT2D eigenvalue weighted by atomic mass is 10.2. The van der Waals surface area contributed by atoms with Crippen molar-refractivity contribution in [2.45, 2.75) is 6.92 Å². The number of carbonyl (C=O) groups excluding carboxylic acids is 1.